The van der Waals surface area contributed by atoms with Gasteiger partial charge in [-0.25, -0.2) is 0 Å². The third kappa shape index (κ3) is 4.35. The van der Waals surface area contributed by atoms with Crippen LogP contribution in [0.5, 0.6) is 0 Å². The summed E-state index contributed by atoms with van der Waals surface area (Å²) in [7, 11) is 0. The number of carbonyl (C=O) groups excluding carboxylic acids is 2. The molecule has 1 aliphatic rings. The van der Waals surface area contributed by atoms with Gasteiger partial charge in [0, 0.05) is 17.3 Å². The largest absolute Gasteiger partial charge is 0.465 e. The molecule has 1 fully saturated rings. The average Bonchev–Trinajstić information content (AvgIpc) is 3.09. The van der Waals surface area contributed by atoms with Crippen molar-refractivity contribution in [2.24, 2.45) is 0 Å². The summed E-state index contributed by atoms with van der Waals surface area (Å²) in [6, 6.07) is 4.27. The molecule has 0 N–H and O–H groups in total. The Hall–Kier alpha value is -1.36. The first-order valence-corrected chi connectivity index (χ1v) is 7.56. The summed E-state index contributed by atoms with van der Waals surface area (Å²) in [6.07, 6.45) is 3.23. The molecular formula is C14H19NO3S. The minimum Gasteiger partial charge on any atom is -0.465 e. The highest BCUT2D eigenvalue weighted by atomic mass is 32.1. The van der Waals surface area contributed by atoms with E-state index in [1.165, 1.54) is 4.88 Å². The van der Waals surface area contributed by atoms with Crippen LogP contribution in [0.3, 0.4) is 0 Å². The fraction of sp³-hybridized carbons (Fsp3) is 0.571. The highest BCUT2D eigenvalue weighted by molar-refractivity contribution is 7.09. The fourth-order valence-corrected chi connectivity index (χ4v) is 2.69. The average molecular weight is 281 g/mol. The van der Waals surface area contributed by atoms with E-state index in [2.05, 4.69) is 0 Å². The Labute approximate surface area is 117 Å². The zero-order valence-electron chi connectivity index (χ0n) is 11.1. The van der Waals surface area contributed by atoms with Gasteiger partial charge in [0.15, 0.2) is 0 Å². The van der Waals surface area contributed by atoms with Crippen LogP contribution in [-0.2, 0) is 20.7 Å². The summed E-state index contributed by atoms with van der Waals surface area (Å²) in [5.41, 5.74) is 0. The quantitative estimate of drug-likeness (QED) is 0.720. The lowest BCUT2D eigenvalue weighted by molar-refractivity contribution is -0.149. The maximum absolute atomic E-state index is 12.2. The molecule has 0 atom stereocenters. The predicted octanol–water partition coefficient (Wildman–Crippen LogP) is 2.23. The van der Waals surface area contributed by atoms with Gasteiger partial charge in [0.05, 0.1) is 6.61 Å². The van der Waals surface area contributed by atoms with Crippen molar-refractivity contribution in [2.45, 2.75) is 38.6 Å². The van der Waals surface area contributed by atoms with Gasteiger partial charge in [0.25, 0.3) is 0 Å². The Balaban J connectivity index is 1.84. The van der Waals surface area contributed by atoms with Crippen molar-refractivity contribution in [2.75, 3.05) is 13.2 Å². The van der Waals surface area contributed by atoms with E-state index in [-0.39, 0.29) is 24.5 Å². The lowest BCUT2D eigenvalue weighted by atomic mass is 10.2. The first kappa shape index (κ1) is 14.1. The first-order valence-electron chi connectivity index (χ1n) is 6.68. The molecule has 0 aliphatic heterocycles. The third-order valence-electron chi connectivity index (χ3n) is 3.08. The number of hydrogen-bond donors (Lipinski definition) is 0. The topological polar surface area (TPSA) is 46.6 Å². The van der Waals surface area contributed by atoms with Crippen molar-refractivity contribution in [3.8, 4) is 0 Å². The number of ether oxygens (including phenoxy) is 1. The van der Waals surface area contributed by atoms with E-state index in [0.717, 1.165) is 19.3 Å². The Morgan fingerprint density at radius 1 is 1.47 bits per heavy atom. The normalized spacial score (nSPS) is 14.2. The molecule has 19 heavy (non-hydrogen) atoms. The van der Waals surface area contributed by atoms with E-state index < -0.39 is 0 Å². The number of nitrogens with zero attached hydrogens (tertiary/aromatic N) is 1. The predicted molar refractivity (Wildman–Crippen MR) is 74.0 cm³/mol. The van der Waals surface area contributed by atoms with Gasteiger partial charge in [-0.2, -0.15) is 0 Å². The van der Waals surface area contributed by atoms with Crippen molar-refractivity contribution in [3.63, 3.8) is 0 Å². The van der Waals surface area contributed by atoms with Crippen molar-refractivity contribution in [1.29, 1.82) is 0 Å². The van der Waals surface area contributed by atoms with Gasteiger partial charge in [-0.15, -0.1) is 11.3 Å². The van der Waals surface area contributed by atoms with E-state index in [0.29, 0.717) is 13.0 Å². The van der Waals surface area contributed by atoms with Crippen LogP contribution in [0.1, 0.15) is 31.1 Å². The molecule has 1 aromatic rings. The number of carbonyl (C=O) groups is 2. The number of amides is 1. The van der Waals surface area contributed by atoms with Gasteiger partial charge in [-0.05, 0) is 37.6 Å². The molecule has 0 saturated heterocycles. The zero-order valence-corrected chi connectivity index (χ0v) is 11.9. The van der Waals surface area contributed by atoms with Crippen LogP contribution in [0.25, 0.3) is 0 Å². The molecule has 0 spiro atoms. The molecule has 2 rings (SSSR count). The summed E-state index contributed by atoms with van der Waals surface area (Å²) >= 11 is 1.66. The zero-order chi connectivity index (χ0) is 13.7. The molecule has 104 valence electrons. The van der Waals surface area contributed by atoms with Crippen molar-refractivity contribution in [1.82, 2.24) is 4.90 Å². The van der Waals surface area contributed by atoms with Crippen LogP contribution in [0.2, 0.25) is 0 Å². The molecule has 1 saturated carbocycles. The minimum atomic E-state index is -0.307. The fourth-order valence-electron chi connectivity index (χ4n) is 1.98. The summed E-state index contributed by atoms with van der Waals surface area (Å²) in [5.74, 6) is -0.247. The molecule has 1 heterocycles. The van der Waals surface area contributed by atoms with E-state index in [1.807, 2.05) is 17.5 Å². The Kier molecular flexibility index (Phi) is 4.96. The van der Waals surface area contributed by atoms with Crippen molar-refractivity contribution >= 4 is 23.2 Å². The molecule has 1 aromatic heterocycles. The summed E-state index contributed by atoms with van der Waals surface area (Å²) in [5, 5.41) is 2.01. The molecule has 4 nitrogen and oxygen atoms in total. The number of rotatable bonds is 7. The highest BCUT2D eigenvalue weighted by Gasteiger charge is 2.33. The van der Waals surface area contributed by atoms with Gasteiger partial charge in [-0.3, -0.25) is 9.59 Å². The second-order valence-corrected chi connectivity index (χ2v) is 5.67. The van der Waals surface area contributed by atoms with Crippen LogP contribution in [0.15, 0.2) is 17.5 Å². The molecule has 0 bridgehead atoms. The van der Waals surface area contributed by atoms with E-state index in [1.54, 1.807) is 23.2 Å². The van der Waals surface area contributed by atoms with Crippen LogP contribution >= 0.6 is 11.3 Å². The second-order valence-electron chi connectivity index (χ2n) is 4.64. The Morgan fingerprint density at radius 3 is 2.84 bits per heavy atom. The van der Waals surface area contributed by atoms with Gasteiger partial charge < -0.3 is 9.64 Å². The number of thiophene rings is 1. The molecule has 1 amide bonds. The summed E-state index contributed by atoms with van der Waals surface area (Å²) < 4.78 is 4.92. The molecule has 0 unspecified atom stereocenters. The van der Waals surface area contributed by atoms with E-state index in [9.17, 15) is 9.59 Å². The first-order chi connectivity index (χ1) is 9.20. The molecule has 0 radical (unpaired) electrons. The van der Waals surface area contributed by atoms with Crippen molar-refractivity contribution in [3.05, 3.63) is 22.4 Å². The lowest BCUT2D eigenvalue weighted by Gasteiger charge is -2.21. The lowest BCUT2D eigenvalue weighted by Crippen LogP contribution is -2.38. The van der Waals surface area contributed by atoms with Gasteiger partial charge in [-0.1, -0.05) is 6.07 Å². The van der Waals surface area contributed by atoms with Crippen molar-refractivity contribution < 1.29 is 14.3 Å². The highest BCUT2D eigenvalue weighted by Crippen LogP contribution is 2.27. The standard InChI is InChI=1S/C14H19NO3S/c1-2-18-14(17)10-15(11-5-6-11)13(16)8-7-12-4-3-9-19-12/h3-4,9,11H,2,5-8,10H2,1H3. The van der Waals surface area contributed by atoms with E-state index in [4.69, 9.17) is 4.74 Å². The van der Waals surface area contributed by atoms with Crippen LogP contribution in [0.4, 0.5) is 0 Å². The number of esters is 1. The van der Waals surface area contributed by atoms with Crippen LogP contribution in [-0.4, -0.2) is 36.0 Å². The second kappa shape index (κ2) is 6.70. The smallest absolute Gasteiger partial charge is 0.325 e. The number of hydrogen-bond acceptors (Lipinski definition) is 4. The number of aryl methyl sites for hydroxylation is 1. The summed E-state index contributed by atoms with van der Waals surface area (Å²) in [6.45, 7) is 2.24. The molecule has 1 aliphatic carbocycles. The van der Waals surface area contributed by atoms with Crippen LogP contribution < -0.4 is 0 Å². The third-order valence-corrected chi connectivity index (χ3v) is 4.01. The Bertz CT molecular complexity index is 426. The maximum Gasteiger partial charge on any atom is 0.325 e. The van der Waals surface area contributed by atoms with Gasteiger partial charge in [0.1, 0.15) is 6.54 Å². The Morgan fingerprint density at radius 2 is 2.26 bits per heavy atom. The maximum atomic E-state index is 12.2. The van der Waals surface area contributed by atoms with E-state index >= 15 is 0 Å². The monoisotopic (exact) mass is 281 g/mol. The SMILES string of the molecule is CCOC(=O)CN(C(=O)CCc1cccs1)C1CC1. The molecule has 5 heteroatoms. The summed E-state index contributed by atoms with van der Waals surface area (Å²) in [4.78, 5) is 26.6. The van der Waals surface area contributed by atoms with Gasteiger partial charge >= 0.3 is 5.97 Å². The molecular weight excluding hydrogens is 262 g/mol. The minimum absolute atomic E-state index is 0.0592. The van der Waals surface area contributed by atoms with Gasteiger partial charge in [0.2, 0.25) is 5.91 Å². The molecule has 0 aromatic carbocycles. The van der Waals surface area contributed by atoms with Crippen LogP contribution in [0, 0.1) is 0 Å².